The number of carbonyl (C=O) groups excluding carboxylic acids is 1. The zero-order valence-corrected chi connectivity index (χ0v) is 12.2. The van der Waals surface area contributed by atoms with E-state index in [0.29, 0.717) is 12.0 Å². The highest BCUT2D eigenvalue weighted by Gasteiger charge is 2.14. The topological polar surface area (TPSA) is 84.0 Å². The van der Waals surface area contributed by atoms with E-state index >= 15 is 0 Å². The van der Waals surface area contributed by atoms with E-state index in [1.54, 1.807) is 6.07 Å². The van der Waals surface area contributed by atoms with Gasteiger partial charge in [0.15, 0.2) is 0 Å². The first-order chi connectivity index (χ1) is 10.1. The van der Waals surface area contributed by atoms with Gasteiger partial charge in [-0.1, -0.05) is 38.7 Å². The molecule has 0 aliphatic rings. The quantitative estimate of drug-likeness (QED) is 0.299. The molecular weight excluding hydrogens is 268 g/mol. The lowest BCUT2D eigenvalue weighted by molar-refractivity contribution is -0.384. The van der Waals surface area contributed by atoms with E-state index < -0.39 is 4.92 Å². The van der Waals surface area contributed by atoms with Gasteiger partial charge in [-0.25, -0.2) is 0 Å². The molecule has 0 unspecified atom stereocenters. The van der Waals surface area contributed by atoms with E-state index in [1.165, 1.54) is 12.1 Å². The Morgan fingerprint density at radius 2 is 2.14 bits per heavy atom. The number of benzene rings is 1. The van der Waals surface area contributed by atoms with Gasteiger partial charge in [0.05, 0.1) is 16.6 Å². The Morgan fingerprint density at radius 1 is 1.38 bits per heavy atom. The number of hydrogen-bond donors (Lipinski definition) is 0. The summed E-state index contributed by atoms with van der Waals surface area (Å²) in [5.74, 6) is -0.129. The molecule has 0 radical (unpaired) electrons. The van der Waals surface area contributed by atoms with Crippen LogP contribution < -0.4 is 0 Å². The Labute approximate surface area is 124 Å². The summed E-state index contributed by atoms with van der Waals surface area (Å²) in [6.07, 6.45) is 6.59. The highest BCUT2D eigenvalue weighted by Crippen LogP contribution is 2.21. The molecule has 1 rings (SSSR count). The summed E-state index contributed by atoms with van der Waals surface area (Å²) in [6.45, 7) is 2.13. The number of aldehydes is 1. The first-order valence-electron chi connectivity index (χ1n) is 7.25. The Balaban J connectivity index is 2.73. The third-order valence-corrected chi connectivity index (χ3v) is 3.53. The van der Waals surface area contributed by atoms with E-state index in [9.17, 15) is 14.9 Å². The van der Waals surface area contributed by atoms with E-state index in [2.05, 4.69) is 6.92 Å². The van der Waals surface area contributed by atoms with Crippen molar-refractivity contribution in [3.8, 4) is 6.07 Å². The van der Waals surface area contributed by atoms with Gasteiger partial charge in [0.2, 0.25) is 0 Å². The number of non-ortho nitro benzene ring substituents is 1. The molecule has 5 heteroatoms. The molecule has 0 aliphatic carbocycles. The molecule has 5 nitrogen and oxygen atoms in total. The molecule has 112 valence electrons. The standard InChI is InChI=1S/C16H20N2O3/c1-2-3-4-5-6-13(12-19)9-14-7-8-16(18(20)21)10-15(14)11-17/h7-8,10,12-13H,2-6,9H2,1H3/t13-/m1/s1. The fourth-order valence-corrected chi connectivity index (χ4v) is 2.29. The SMILES string of the molecule is CCCCCC[C@@H](C=O)Cc1ccc([N+](=O)[O-])cc1C#N. The van der Waals surface area contributed by atoms with Gasteiger partial charge >= 0.3 is 0 Å². The van der Waals surface area contributed by atoms with Gasteiger partial charge in [-0.15, -0.1) is 0 Å². The van der Waals surface area contributed by atoms with E-state index in [1.807, 2.05) is 6.07 Å². The number of unbranched alkanes of at least 4 members (excludes halogenated alkanes) is 3. The fraction of sp³-hybridized carbons (Fsp3) is 0.500. The molecule has 0 aliphatic heterocycles. The van der Waals surface area contributed by atoms with Crippen LogP contribution in [0.3, 0.4) is 0 Å². The van der Waals surface area contributed by atoms with Crippen molar-refractivity contribution in [2.24, 2.45) is 5.92 Å². The van der Waals surface area contributed by atoms with Crippen LogP contribution in [0.4, 0.5) is 5.69 Å². The molecule has 1 aromatic rings. The third kappa shape index (κ3) is 5.35. The first kappa shape index (κ1) is 16.8. The maximum absolute atomic E-state index is 11.2. The number of nitro groups is 1. The molecule has 0 aromatic heterocycles. The normalized spacial score (nSPS) is 11.6. The van der Waals surface area contributed by atoms with Gasteiger partial charge in [-0.2, -0.15) is 5.26 Å². The molecule has 1 aromatic carbocycles. The largest absolute Gasteiger partial charge is 0.303 e. The molecule has 21 heavy (non-hydrogen) atoms. The molecule has 0 bridgehead atoms. The summed E-state index contributed by atoms with van der Waals surface area (Å²) in [5.41, 5.74) is 0.890. The lowest BCUT2D eigenvalue weighted by atomic mass is 9.92. The second-order valence-electron chi connectivity index (χ2n) is 5.16. The van der Waals surface area contributed by atoms with E-state index in [4.69, 9.17) is 5.26 Å². The second kappa shape index (κ2) is 8.85. The number of nitriles is 1. The van der Waals surface area contributed by atoms with Crippen molar-refractivity contribution in [1.82, 2.24) is 0 Å². The van der Waals surface area contributed by atoms with Crippen LogP contribution in [0.5, 0.6) is 0 Å². The lowest BCUT2D eigenvalue weighted by Crippen LogP contribution is -2.08. The van der Waals surface area contributed by atoms with Crippen LogP contribution in [0, 0.1) is 27.4 Å². The average molecular weight is 288 g/mol. The molecule has 0 fully saturated rings. The van der Waals surface area contributed by atoms with Gasteiger partial charge in [0.25, 0.3) is 5.69 Å². The van der Waals surface area contributed by atoms with Crippen LogP contribution in [0.2, 0.25) is 0 Å². The minimum atomic E-state index is -0.521. The Hall–Kier alpha value is -2.22. The Bertz CT molecular complexity index is 535. The molecule has 0 saturated carbocycles. The van der Waals surface area contributed by atoms with Crippen molar-refractivity contribution in [2.45, 2.75) is 45.4 Å². The minimum absolute atomic E-state index is 0.0964. The van der Waals surface area contributed by atoms with Crippen LogP contribution in [0.25, 0.3) is 0 Å². The summed E-state index contributed by atoms with van der Waals surface area (Å²) < 4.78 is 0. The predicted octanol–water partition coefficient (Wildman–Crippen LogP) is 3.79. The van der Waals surface area contributed by atoms with Crippen molar-refractivity contribution in [3.05, 3.63) is 39.4 Å². The van der Waals surface area contributed by atoms with Gasteiger partial charge in [0, 0.05) is 18.1 Å². The molecule has 0 spiro atoms. The summed E-state index contributed by atoms with van der Waals surface area (Å²) in [5, 5.41) is 19.8. The highest BCUT2D eigenvalue weighted by molar-refractivity contribution is 5.56. The maximum atomic E-state index is 11.2. The Morgan fingerprint density at radius 3 is 2.71 bits per heavy atom. The predicted molar refractivity (Wildman–Crippen MR) is 79.8 cm³/mol. The van der Waals surface area contributed by atoms with Crippen LogP contribution in [-0.4, -0.2) is 11.2 Å². The van der Waals surface area contributed by atoms with Gasteiger partial charge < -0.3 is 4.79 Å². The smallest absolute Gasteiger partial charge is 0.270 e. The summed E-state index contributed by atoms with van der Waals surface area (Å²) in [7, 11) is 0. The fourth-order valence-electron chi connectivity index (χ4n) is 2.29. The number of nitro benzene ring substituents is 1. The second-order valence-corrected chi connectivity index (χ2v) is 5.16. The van der Waals surface area contributed by atoms with Crippen LogP contribution >= 0.6 is 0 Å². The Kier molecular flexibility index (Phi) is 7.10. The van der Waals surface area contributed by atoms with Crippen molar-refractivity contribution in [3.63, 3.8) is 0 Å². The highest BCUT2D eigenvalue weighted by atomic mass is 16.6. The van der Waals surface area contributed by atoms with Gasteiger partial charge in [-0.3, -0.25) is 10.1 Å². The third-order valence-electron chi connectivity index (χ3n) is 3.53. The number of nitrogens with zero attached hydrogens (tertiary/aromatic N) is 2. The van der Waals surface area contributed by atoms with Crippen molar-refractivity contribution < 1.29 is 9.72 Å². The lowest BCUT2D eigenvalue weighted by Gasteiger charge is -2.11. The molecule has 0 saturated heterocycles. The zero-order chi connectivity index (χ0) is 15.7. The maximum Gasteiger partial charge on any atom is 0.270 e. The zero-order valence-electron chi connectivity index (χ0n) is 12.2. The number of carbonyl (C=O) groups is 1. The van der Waals surface area contributed by atoms with Crippen LogP contribution in [0.15, 0.2) is 18.2 Å². The van der Waals surface area contributed by atoms with E-state index in [0.717, 1.165) is 38.4 Å². The molecule has 0 heterocycles. The van der Waals surface area contributed by atoms with Gasteiger partial charge in [-0.05, 0) is 18.4 Å². The molecule has 1 atom stereocenters. The molecule has 0 N–H and O–H groups in total. The monoisotopic (exact) mass is 288 g/mol. The number of hydrogen-bond acceptors (Lipinski definition) is 4. The van der Waals surface area contributed by atoms with Crippen molar-refractivity contribution >= 4 is 12.0 Å². The minimum Gasteiger partial charge on any atom is -0.303 e. The molecule has 0 amide bonds. The van der Waals surface area contributed by atoms with Crippen molar-refractivity contribution in [2.75, 3.05) is 0 Å². The summed E-state index contributed by atoms with van der Waals surface area (Å²) in [4.78, 5) is 21.3. The van der Waals surface area contributed by atoms with Crippen LogP contribution in [-0.2, 0) is 11.2 Å². The van der Waals surface area contributed by atoms with Gasteiger partial charge in [0.1, 0.15) is 6.29 Å². The summed E-state index contributed by atoms with van der Waals surface area (Å²) in [6, 6.07) is 6.22. The van der Waals surface area contributed by atoms with E-state index in [-0.39, 0.29) is 17.2 Å². The summed E-state index contributed by atoms with van der Waals surface area (Å²) >= 11 is 0. The van der Waals surface area contributed by atoms with Crippen LogP contribution in [0.1, 0.15) is 50.2 Å². The first-order valence-corrected chi connectivity index (χ1v) is 7.25. The molecular formula is C16H20N2O3. The van der Waals surface area contributed by atoms with Crippen molar-refractivity contribution in [1.29, 1.82) is 5.26 Å². The average Bonchev–Trinajstić information content (AvgIpc) is 2.50. The number of rotatable bonds is 9.